The van der Waals surface area contributed by atoms with Gasteiger partial charge in [-0.05, 0) is 47.9 Å². The molecule has 2 heterocycles. The Kier molecular flexibility index (Phi) is 6.97. The fourth-order valence-corrected chi connectivity index (χ4v) is 6.23. The summed E-state index contributed by atoms with van der Waals surface area (Å²) in [4.78, 5) is 12.9. The van der Waals surface area contributed by atoms with Crippen molar-refractivity contribution in [3.8, 4) is 5.75 Å². The summed E-state index contributed by atoms with van der Waals surface area (Å²) < 4.78 is 32.4. The zero-order valence-electron chi connectivity index (χ0n) is 17.0. The van der Waals surface area contributed by atoms with Gasteiger partial charge in [0.05, 0.1) is 13.2 Å². The maximum Gasteiger partial charge on any atom is 0.252 e. The van der Waals surface area contributed by atoms with Gasteiger partial charge >= 0.3 is 0 Å². The maximum atomic E-state index is 12.9. The van der Waals surface area contributed by atoms with Crippen LogP contribution < -0.4 is 10.1 Å². The summed E-state index contributed by atoms with van der Waals surface area (Å²) in [5, 5.41) is 4.94. The molecule has 6 nitrogen and oxygen atoms in total. The van der Waals surface area contributed by atoms with Crippen molar-refractivity contribution in [3.63, 3.8) is 0 Å². The second kappa shape index (κ2) is 9.28. The molecule has 2 aromatic rings. The third-order valence-corrected chi connectivity index (χ3v) is 8.62. The predicted molar refractivity (Wildman–Crippen MR) is 115 cm³/mol. The van der Waals surface area contributed by atoms with Gasteiger partial charge in [-0.15, -0.1) is 11.3 Å². The van der Waals surface area contributed by atoms with E-state index in [0.29, 0.717) is 30.1 Å². The monoisotopic (exact) mass is 436 g/mol. The summed E-state index contributed by atoms with van der Waals surface area (Å²) in [6.45, 7) is 4.89. The van der Waals surface area contributed by atoms with Crippen LogP contribution in [-0.4, -0.2) is 38.8 Å². The Balaban J connectivity index is 1.62. The van der Waals surface area contributed by atoms with Crippen LogP contribution in [0.4, 0.5) is 0 Å². The molecule has 3 rings (SSSR count). The van der Waals surface area contributed by atoms with Crippen molar-refractivity contribution in [3.05, 3.63) is 47.3 Å². The van der Waals surface area contributed by atoms with E-state index in [9.17, 15) is 13.2 Å². The van der Waals surface area contributed by atoms with Crippen LogP contribution >= 0.6 is 11.3 Å². The lowest BCUT2D eigenvalue weighted by Crippen LogP contribution is -2.44. The number of amides is 1. The third kappa shape index (κ3) is 4.99. The van der Waals surface area contributed by atoms with Crippen LogP contribution in [0, 0.1) is 11.8 Å². The van der Waals surface area contributed by atoms with Crippen LogP contribution in [0.5, 0.6) is 5.75 Å². The van der Waals surface area contributed by atoms with Crippen LogP contribution in [-0.2, 0) is 14.8 Å². The number of ether oxygens (including phenoxy) is 1. The third-order valence-electron chi connectivity index (χ3n) is 5.35. The summed E-state index contributed by atoms with van der Waals surface area (Å²) in [6.07, 6.45) is 1.06. The average molecular weight is 437 g/mol. The Bertz CT molecular complexity index is 901. The number of thiophene rings is 1. The first kappa shape index (κ1) is 21.8. The molecule has 1 unspecified atom stereocenters. The zero-order valence-corrected chi connectivity index (χ0v) is 18.6. The minimum atomic E-state index is -3.45. The van der Waals surface area contributed by atoms with Crippen molar-refractivity contribution >= 4 is 27.3 Å². The number of nitrogens with zero attached hydrogens (tertiary/aromatic N) is 1. The van der Waals surface area contributed by atoms with Gasteiger partial charge < -0.3 is 10.1 Å². The minimum Gasteiger partial charge on any atom is -0.497 e. The summed E-state index contributed by atoms with van der Waals surface area (Å²) in [5.74, 6) is 0.825. The van der Waals surface area contributed by atoms with Crippen molar-refractivity contribution in [2.75, 3.05) is 20.2 Å². The fourth-order valence-electron chi connectivity index (χ4n) is 3.61. The molecule has 1 aliphatic rings. The highest BCUT2D eigenvalue weighted by molar-refractivity contribution is 7.91. The topological polar surface area (TPSA) is 75.7 Å². The van der Waals surface area contributed by atoms with E-state index in [1.807, 2.05) is 24.3 Å². The first-order valence-corrected chi connectivity index (χ1v) is 12.1. The lowest BCUT2D eigenvalue weighted by atomic mass is 9.92. The normalized spacial score (nSPS) is 17.2. The molecule has 158 valence electrons. The van der Waals surface area contributed by atoms with Gasteiger partial charge in [-0.25, -0.2) is 8.42 Å². The second-order valence-corrected chi connectivity index (χ2v) is 10.7. The van der Waals surface area contributed by atoms with Gasteiger partial charge in [0.2, 0.25) is 5.91 Å². The molecular weight excluding hydrogens is 408 g/mol. The summed E-state index contributed by atoms with van der Waals surface area (Å²) in [7, 11) is -1.82. The van der Waals surface area contributed by atoms with E-state index in [2.05, 4.69) is 19.2 Å². The Morgan fingerprint density at radius 2 is 1.83 bits per heavy atom. The molecule has 1 fully saturated rings. The molecular formula is C21H28N2O4S2. The highest BCUT2D eigenvalue weighted by Crippen LogP contribution is 2.28. The number of methoxy groups -OCH3 is 1. The summed E-state index contributed by atoms with van der Waals surface area (Å²) in [5.41, 5.74) is 1.03. The standard InChI is InChI=1S/C21H28N2O4S2/c1-15(2)20(16-6-8-18(27-3)9-7-16)22-21(24)17-10-12-23(13-11-17)29(25,26)19-5-4-14-28-19/h4-9,14-15,17,20H,10-13H2,1-3H3,(H,22,24). The zero-order chi connectivity index (χ0) is 21.0. The molecule has 1 aromatic carbocycles. The van der Waals surface area contributed by atoms with Gasteiger partial charge in [-0.1, -0.05) is 32.0 Å². The van der Waals surface area contributed by atoms with Gasteiger partial charge in [0, 0.05) is 19.0 Å². The summed E-state index contributed by atoms with van der Waals surface area (Å²) in [6, 6.07) is 11.0. The minimum absolute atomic E-state index is 0.00677. The fraction of sp³-hybridized carbons (Fsp3) is 0.476. The van der Waals surface area contributed by atoms with E-state index < -0.39 is 10.0 Å². The van der Waals surface area contributed by atoms with Gasteiger partial charge in [0.1, 0.15) is 9.96 Å². The van der Waals surface area contributed by atoms with Gasteiger partial charge in [0.25, 0.3) is 10.0 Å². The van der Waals surface area contributed by atoms with Crippen LogP contribution in [0.1, 0.15) is 38.3 Å². The molecule has 1 aromatic heterocycles. The molecule has 1 N–H and O–H groups in total. The first-order chi connectivity index (χ1) is 13.8. The van der Waals surface area contributed by atoms with E-state index >= 15 is 0 Å². The van der Waals surface area contributed by atoms with Crippen LogP contribution in [0.3, 0.4) is 0 Å². The summed E-state index contributed by atoms with van der Waals surface area (Å²) >= 11 is 1.22. The molecule has 0 saturated carbocycles. The van der Waals surface area contributed by atoms with Crippen LogP contribution in [0.25, 0.3) is 0 Å². The lowest BCUT2D eigenvalue weighted by Gasteiger charge is -2.32. The van der Waals surface area contributed by atoms with Crippen LogP contribution in [0.2, 0.25) is 0 Å². The number of rotatable bonds is 7. The molecule has 0 bridgehead atoms. The number of carbonyl (C=O) groups is 1. The molecule has 1 saturated heterocycles. The number of hydrogen-bond acceptors (Lipinski definition) is 5. The van der Waals surface area contributed by atoms with Crippen molar-refractivity contribution in [1.82, 2.24) is 9.62 Å². The van der Waals surface area contributed by atoms with Crippen molar-refractivity contribution in [2.24, 2.45) is 11.8 Å². The van der Waals surface area contributed by atoms with Crippen molar-refractivity contribution in [1.29, 1.82) is 0 Å². The number of nitrogens with one attached hydrogen (secondary N) is 1. The van der Waals surface area contributed by atoms with E-state index in [-0.39, 0.29) is 23.8 Å². The smallest absolute Gasteiger partial charge is 0.252 e. The van der Waals surface area contributed by atoms with E-state index in [1.165, 1.54) is 15.6 Å². The van der Waals surface area contributed by atoms with Gasteiger partial charge in [-0.2, -0.15) is 4.31 Å². The molecule has 1 atom stereocenters. The number of hydrogen-bond donors (Lipinski definition) is 1. The molecule has 29 heavy (non-hydrogen) atoms. The molecule has 0 spiro atoms. The average Bonchev–Trinajstić information content (AvgIpc) is 3.28. The molecule has 0 radical (unpaired) electrons. The van der Waals surface area contributed by atoms with Crippen molar-refractivity contribution < 1.29 is 17.9 Å². The van der Waals surface area contributed by atoms with E-state index in [1.54, 1.807) is 24.6 Å². The molecule has 1 amide bonds. The number of piperidine rings is 1. The highest BCUT2D eigenvalue weighted by atomic mass is 32.2. The number of carbonyl (C=O) groups excluding carboxylic acids is 1. The highest BCUT2D eigenvalue weighted by Gasteiger charge is 2.33. The lowest BCUT2D eigenvalue weighted by molar-refractivity contribution is -0.127. The Labute approximate surface area is 176 Å². The molecule has 8 heteroatoms. The maximum absolute atomic E-state index is 12.9. The van der Waals surface area contributed by atoms with Crippen LogP contribution in [0.15, 0.2) is 46.0 Å². The second-order valence-electron chi connectivity index (χ2n) is 7.61. The van der Waals surface area contributed by atoms with Gasteiger partial charge in [-0.3, -0.25) is 4.79 Å². The van der Waals surface area contributed by atoms with Gasteiger partial charge in [0.15, 0.2) is 0 Å². The molecule has 0 aliphatic carbocycles. The number of benzene rings is 1. The number of sulfonamides is 1. The largest absolute Gasteiger partial charge is 0.497 e. The van der Waals surface area contributed by atoms with Crippen molar-refractivity contribution in [2.45, 2.75) is 36.9 Å². The first-order valence-electron chi connectivity index (χ1n) is 9.81. The van der Waals surface area contributed by atoms with E-state index in [0.717, 1.165) is 11.3 Å². The quantitative estimate of drug-likeness (QED) is 0.719. The Morgan fingerprint density at radius 1 is 1.17 bits per heavy atom. The Hall–Kier alpha value is -1.90. The Morgan fingerprint density at radius 3 is 2.34 bits per heavy atom. The predicted octanol–water partition coefficient (Wildman–Crippen LogP) is 3.67. The van der Waals surface area contributed by atoms with E-state index in [4.69, 9.17) is 4.74 Å². The SMILES string of the molecule is COc1ccc(C(NC(=O)C2CCN(S(=O)(=O)c3cccs3)CC2)C(C)C)cc1. The molecule has 1 aliphatic heterocycles.